The molecule has 0 unspecified atom stereocenters. The Morgan fingerprint density at radius 2 is 1.90 bits per heavy atom. The van der Waals surface area contributed by atoms with Crippen LogP contribution in [0.15, 0.2) is 24.3 Å². The van der Waals surface area contributed by atoms with Crippen LogP contribution in [-0.4, -0.2) is 16.4 Å². The predicted octanol–water partition coefficient (Wildman–Crippen LogP) is 2.64. The third-order valence-electron chi connectivity index (χ3n) is 4.07. The van der Waals surface area contributed by atoms with Gasteiger partial charge >= 0.3 is 0 Å². The van der Waals surface area contributed by atoms with Crippen molar-refractivity contribution in [3.8, 4) is 0 Å². The number of aryl methyl sites for hydroxylation is 2. The smallest absolute Gasteiger partial charge is 0.221 e. The topological polar surface area (TPSA) is 55.1 Å². The highest BCUT2D eigenvalue weighted by Crippen LogP contribution is 2.30. The van der Waals surface area contributed by atoms with Gasteiger partial charge in [-0.3, -0.25) is 4.79 Å². The predicted molar refractivity (Wildman–Crippen MR) is 85.6 cm³/mol. The molecule has 0 radical (unpaired) electrons. The molecule has 1 aromatic carbocycles. The van der Waals surface area contributed by atoms with Crippen LogP contribution in [0.25, 0.3) is 0 Å². The zero-order valence-corrected chi connectivity index (χ0v) is 12.8. The molecule has 0 aromatic heterocycles. The molecule has 0 heterocycles. The Kier molecular flexibility index (Phi) is 4.76. The van der Waals surface area contributed by atoms with Crippen molar-refractivity contribution >= 4 is 23.1 Å². The number of amides is 1. The molecule has 20 heavy (non-hydrogen) atoms. The summed E-state index contributed by atoms with van der Waals surface area (Å²) in [7, 11) is 0. The zero-order valence-electron chi connectivity index (χ0n) is 11.9. The maximum Gasteiger partial charge on any atom is 0.221 e. The maximum absolute atomic E-state index is 12.1. The molecule has 1 amide bonds. The number of carbonyl (C=O) groups is 1. The molecule has 108 valence electrons. The lowest BCUT2D eigenvalue weighted by Gasteiger charge is -2.29. The van der Waals surface area contributed by atoms with E-state index in [0.29, 0.717) is 11.4 Å². The van der Waals surface area contributed by atoms with E-state index >= 15 is 0 Å². The molecule has 1 aromatic rings. The summed E-state index contributed by atoms with van der Waals surface area (Å²) < 4.78 is 0. The van der Waals surface area contributed by atoms with Crippen LogP contribution in [0, 0.1) is 6.92 Å². The van der Waals surface area contributed by atoms with Gasteiger partial charge in [0.15, 0.2) is 0 Å². The average Bonchev–Trinajstić information content (AvgIpc) is 2.88. The van der Waals surface area contributed by atoms with E-state index in [1.165, 1.54) is 11.1 Å². The highest BCUT2D eigenvalue weighted by atomic mass is 32.1. The first-order valence-electron chi connectivity index (χ1n) is 7.18. The Labute approximate surface area is 125 Å². The van der Waals surface area contributed by atoms with Gasteiger partial charge in [-0.25, -0.2) is 0 Å². The minimum Gasteiger partial charge on any atom is -0.391 e. The lowest BCUT2D eigenvalue weighted by atomic mass is 9.97. The van der Waals surface area contributed by atoms with Crippen molar-refractivity contribution in [2.45, 2.75) is 51.0 Å². The molecule has 0 atom stereocenters. The molecule has 3 N–H and O–H groups in total. The summed E-state index contributed by atoms with van der Waals surface area (Å²) in [5.41, 5.74) is 7.81. The summed E-state index contributed by atoms with van der Waals surface area (Å²) in [6.07, 6.45) is 5.13. The second-order valence-corrected chi connectivity index (χ2v) is 6.13. The van der Waals surface area contributed by atoms with Crippen LogP contribution in [0.1, 0.15) is 43.2 Å². The minimum absolute atomic E-state index is 0.0419. The number of benzene rings is 1. The molecule has 0 bridgehead atoms. The molecule has 4 heteroatoms. The molecule has 1 saturated carbocycles. The van der Waals surface area contributed by atoms with Gasteiger partial charge < -0.3 is 11.1 Å². The zero-order chi connectivity index (χ0) is 14.6. The van der Waals surface area contributed by atoms with Gasteiger partial charge in [0.1, 0.15) is 0 Å². The quantitative estimate of drug-likeness (QED) is 0.820. The molecule has 0 saturated heterocycles. The lowest BCUT2D eigenvalue weighted by molar-refractivity contribution is -0.122. The molecular weight excluding hydrogens is 268 g/mol. The second-order valence-electron chi connectivity index (χ2n) is 5.69. The van der Waals surface area contributed by atoms with Gasteiger partial charge in [0.2, 0.25) is 5.91 Å². The number of carbonyl (C=O) groups excluding carboxylic acids is 1. The second kappa shape index (κ2) is 6.35. The Morgan fingerprint density at radius 1 is 1.30 bits per heavy atom. The van der Waals surface area contributed by atoms with Crippen molar-refractivity contribution in [1.82, 2.24) is 5.32 Å². The number of nitrogens with two attached hydrogens (primary N) is 1. The highest BCUT2D eigenvalue weighted by molar-refractivity contribution is 7.80. The number of nitrogens with one attached hydrogen (secondary N) is 1. The highest BCUT2D eigenvalue weighted by Gasteiger charge is 2.37. The fourth-order valence-corrected chi connectivity index (χ4v) is 3.01. The number of thiocarbonyl (C=S) groups is 1. The van der Waals surface area contributed by atoms with Crippen molar-refractivity contribution < 1.29 is 4.79 Å². The SMILES string of the molecule is Cc1ccc(CCC(=O)NC2(C(N)=S)CCCC2)cc1. The molecule has 3 nitrogen and oxygen atoms in total. The van der Waals surface area contributed by atoms with E-state index in [2.05, 4.69) is 36.5 Å². The first kappa shape index (κ1) is 15.0. The van der Waals surface area contributed by atoms with Crippen LogP contribution in [0.4, 0.5) is 0 Å². The summed E-state index contributed by atoms with van der Waals surface area (Å²) in [5, 5.41) is 3.07. The fraction of sp³-hybridized carbons (Fsp3) is 0.500. The largest absolute Gasteiger partial charge is 0.391 e. The number of hydrogen-bond acceptors (Lipinski definition) is 2. The molecule has 1 aliphatic rings. The Hall–Kier alpha value is -1.42. The third kappa shape index (κ3) is 3.57. The van der Waals surface area contributed by atoms with Gasteiger partial charge in [0.25, 0.3) is 0 Å². The Bertz CT molecular complexity index is 490. The molecule has 0 spiro atoms. The van der Waals surface area contributed by atoms with Gasteiger partial charge in [-0.1, -0.05) is 54.9 Å². The summed E-state index contributed by atoms with van der Waals surface area (Å²) in [6.45, 7) is 2.06. The van der Waals surface area contributed by atoms with E-state index in [-0.39, 0.29) is 5.91 Å². The number of hydrogen-bond donors (Lipinski definition) is 2. The monoisotopic (exact) mass is 290 g/mol. The van der Waals surface area contributed by atoms with Crippen molar-refractivity contribution in [3.63, 3.8) is 0 Å². The van der Waals surface area contributed by atoms with Crippen LogP contribution in [0.2, 0.25) is 0 Å². The van der Waals surface area contributed by atoms with E-state index in [1.54, 1.807) is 0 Å². The minimum atomic E-state index is -0.431. The van der Waals surface area contributed by atoms with E-state index in [0.717, 1.165) is 32.1 Å². The van der Waals surface area contributed by atoms with E-state index in [4.69, 9.17) is 18.0 Å². The van der Waals surface area contributed by atoms with Crippen molar-refractivity contribution in [2.75, 3.05) is 0 Å². The van der Waals surface area contributed by atoms with Gasteiger partial charge in [-0.05, 0) is 31.7 Å². The van der Waals surface area contributed by atoms with Crippen LogP contribution >= 0.6 is 12.2 Å². The molecular formula is C16H22N2OS. The van der Waals surface area contributed by atoms with Gasteiger partial charge in [-0.15, -0.1) is 0 Å². The molecule has 0 aliphatic heterocycles. The first-order valence-corrected chi connectivity index (χ1v) is 7.59. The Morgan fingerprint density at radius 3 is 2.45 bits per heavy atom. The van der Waals surface area contributed by atoms with Crippen molar-refractivity contribution in [3.05, 3.63) is 35.4 Å². The summed E-state index contributed by atoms with van der Waals surface area (Å²) in [5.74, 6) is 0.0419. The van der Waals surface area contributed by atoms with Gasteiger partial charge in [-0.2, -0.15) is 0 Å². The van der Waals surface area contributed by atoms with Crippen molar-refractivity contribution in [2.24, 2.45) is 5.73 Å². The average molecular weight is 290 g/mol. The normalized spacial score (nSPS) is 16.9. The van der Waals surface area contributed by atoms with Gasteiger partial charge in [0, 0.05) is 6.42 Å². The Balaban J connectivity index is 1.89. The lowest BCUT2D eigenvalue weighted by Crippen LogP contribution is -2.54. The molecule has 1 fully saturated rings. The summed E-state index contributed by atoms with van der Waals surface area (Å²) in [4.78, 5) is 12.6. The van der Waals surface area contributed by atoms with Crippen LogP contribution in [-0.2, 0) is 11.2 Å². The first-order chi connectivity index (χ1) is 9.52. The maximum atomic E-state index is 12.1. The third-order valence-corrected chi connectivity index (χ3v) is 4.46. The summed E-state index contributed by atoms with van der Waals surface area (Å²) >= 11 is 5.14. The number of rotatable bonds is 5. The van der Waals surface area contributed by atoms with Gasteiger partial charge in [0.05, 0.1) is 10.5 Å². The summed E-state index contributed by atoms with van der Waals surface area (Å²) in [6, 6.07) is 8.28. The van der Waals surface area contributed by atoms with Crippen LogP contribution in [0.3, 0.4) is 0 Å². The van der Waals surface area contributed by atoms with E-state index < -0.39 is 5.54 Å². The van der Waals surface area contributed by atoms with Crippen LogP contribution < -0.4 is 11.1 Å². The molecule has 2 rings (SSSR count). The molecule has 1 aliphatic carbocycles. The standard InChI is InChI=1S/C16H22N2OS/c1-12-4-6-13(7-5-12)8-9-14(19)18-16(15(17)20)10-2-3-11-16/h4-7H,2-3,8-11H2,1H3,(H2,17,20)(H,18,19). The van der Waals surface area contributed by atoms with E-state index in [9.17, 15) is 4.79 Å². The fourth-order valence-electron chi connectivity index (χ4n) is 2.75. The van der Waals surface area contributed by atoms with E-state index in [1.807, 2.05) is 0 Å². The van der Waals surface area contributed by atoms with Crippen LogP contribution in [0.5, 0.6) is 0 Å². The van der Waals surface area contributed by atoms with Crippen molar-refractivity contribution in [1.29, 1.82) is 0 Å².